The number of carbonyl (C=O) groups is 1. The molecule has 0 unspecified atom stereocenters. The quantitative estimate of drug-likeness (QED) is 0.395. The van der Waals surface area contributed by atoms with Crippen molar-refractivity contribution in [3.8, 4) is 5.75 Å². The maximum atomic E-state index is 11.1. The van der Waals surface area contributed by atoms with E-state index in [2.05, 4.69) is 25.7 Å². The Hall–Kier alpha value is -2.87. The number of alkyl carbamates (subject to hydrolysis) is 1. The van der Waals surface area contributed by atoms with Crippen LogP contribution in [0.5, 0.6) is 5.75 Å². The maximum absolute atomic E-state index is 11.1. The van der Waals surface area contributed by atoms with Gasteiger partial charge >= 0.3 is 6.09 Å². The molecule has 0 spiro atoms. The minimum Gasteiger partial charge on any atom is -0.453 e. The van der Waals surface area contributed by atoms with Crippen LogP contribution in [-0.2, 0) is 4.74 Å². The zero-order valence-corrected chi connectivity index (χ0v) is 15.0. The first kappa shape index (κ1) is 18.5. The second kappa shape index (κ2) is 9.43. The van der Waals surface area contributed by atoms with E-state index in [0.29, 0.717) is 11.4 Å². The third-order valence-corrected chi connectivity index (χ3v) is 3.93. The smallest absolute Gasteiger partial charge is 0.412 e. The molecule has 0 bridgehead atoms. The van der Waals surface area contributed by atoms with Crippen molar-refractivity contribution in [2.45, 2.75) is 4.90 Å². The van der Waals surface area contributed by atoms with E-state index < -0.39 is 6.09 Å². The summed E-state index contributed by atoms with van der Waals surface area (Å²) in [5.74, 6) is 0.645. The number of nitrogens with one attached hydrogen (secondary N) is 3. The van der Waals surface area contributed by atoms with Crippen LogP contribution in [0.4, 0.5) is 21.9 Å². The van der Waals surface area contributed by atoms with Gasteiger partial charge in [0.2, 0.25) is 0 Å². The van der Waals surface area contributed by atoms with Crippen molar-refractivity contribution in [2.24, 2.45) is 4.99 Å². The second-order valence-corrected chi connectivity index (χ2v) is 5.57. The van der Waals surface area contributed by atoms with Crippen molar-refractivity contribution in [3.63, 3.8) is 0 Å². The molecule has 8 heteroatoms. The lowest BCUT2D eigenvalue weighted by Gasteiger charge is -2.09. The SMILES string of the molecule is CNc1ccc(SOc2ccc(NC)c(N=CNC(=O)OC)c2)cc1. The molecule has 7 nitrogen and oxygen atoms in total. The highest BCUT2D eigenvalue weighted by molar-refractivity contribution is 7.95. The molecule has 3 N–H and O–H groups in total. The van der Waals surface area contributed by atoms with E-state index in [9.17, 15) is 4.79 Å². The summed E-state index contributed by atoms with van der Waals surface area (Å²) in [7, 11) is 4.96. The number of hydrogen-bond acceptors (Lipinski definition) is 7. The van der Waals surface area contributed by atoms with E-state index in [0.717, 1.165) is 16.3 Å². The minimum atomic E-state index is -0.581. The Balaban J connectivity index is 2.05. The summed E-state index contributed by atoms with van der Waals surface area (Å²) in [5.41, 5.74) is 2.47. The van der Waals surface area contributed by atoms with Crippen LogP contribution >= 0.6 is 12.0 Å². The highest BCUT2D eigenvalue weighted by Gasteiger charge is 2.04. The maximum Gasteiger partial charge on any atom is 0.412 e. The van der Waals surface area contributed by atoms with Crippen molar-refractivity contribution in [1.82, 2.24) is 5.32 Å². The summed E-state index contributed by atoms with van der Waals surface area (Å²) in [6.07, 6.45) is 0.692. The first-order chi connectivity index (χ1) is 12.2. The molecule has 1 amide bonds. The van der Waals surface area contributed by atoms with Crippen molar-refractivity contribution in [2.75, 3.05) is 31.8 Å². The van der Waals surface area contributed by atoms with Crippen molar-refractivity contribution >= 4 is 41.5 Å². The lowest BCUT2D eigenvalue weighted by molar-refractivity contribution is 0.177. The van der Waals surface area contributed by atoms with Gasteiger partial charge < -0.3 is 19.6 Å². The molecular weight excluding hydrogens is 340 g/mol. The topological polar surface area (TPSA) is 84.0 Å². The largest absolute Gasteiger partial charge is 0.453 e. The van der Waals surface area contributed by atoms with E-state index in [-0.39, 0.29) is 0 Å². The van der Waals surface area contributed by atoms with Gasteiger partial charge in [-0.2, -0.15) is 0 Å². The van der Waals surface area contributed by atoms with Gasteiger partial charge in [-0.15, -0.1) is 0 Å². The minimum absolute atomic E-state index is 0.581. The number of hydrogen-bond donors (Lipinski definition) is 3. The van der Waals surface area contributed by atoms with Gasteiger partial charge in [0.05, 0.1) is 36.9 Å². The Bertz CT molecular complexity index is 735. The Morgan fingerprint density at radius 2 is 1.88 bits per heavy atom. The van der Waals surface area contributed by atoms with Gasteiger partial charge in [0.25, 0.3) is 0 Å². The molecule has 0 fully saturated rings. The van der Waals surface area contributed by atoms with Crippen molar-refractivity contribution < 1.29 is 13.7 Å². The van der Waals surface area contributed by atoms with Crippen LogP contribution < -0.4 is 20.1 Å². The molecule has 25 heavy (non-hydrogen) atoms. The van der Waals surface area contributed by atoms with Gasteiger partial charge in [-0.05, 0) is 36.4 Å². The monoisotopic (exact) mass is 360 g/mol. The lowest BCUT2D eigenvalue weighted by atomic mass is 10.2. The van der Waals surface area contributed by atoms with Gasteiger partial charge in [-0.1, -0.05) is 0 Å². The molecule has 0 aromatic heterocycles. The van der Waals surface area contributed by atoms with E-state index in [4.69, 9.17) is 4.18 Å². The van der Waals surface area contributed by atoms with Gasteiger partial charge in [0.15, 0.2) is 0 Å². The number of rotatable bonds is 7. The molecule has 0 heterocycles. The Kier molecular flexibility index (Phi) is 6.97. The van der Waals surface area contributed by atoms with Gasteiger partial charge in [-0.3, -0.25) is 5.32 Å². The third kappa shape index (κ3) is 5.61. The molecular formula is C17H20N4O3S. The number of nitrogens with zero attached hydrogens (tertiary/aromatic N) is 1. The summed E-state index contributed by atoms with van der Waals surface area (Å²) in [4.78, 5) is 16.2. The standard InChI is InChI=1S/C17H20N4O3S/c1-18-12-4-7-14(8-5-12)25-24-13-6-9-15(19-2)16(10-13)20-11-21-17(22)23-3/h4-11,18-19H,1-3H3,(H,20,21,22). The van der Waals surface area contributed by atoms with E-state index in [1.807, 2.05) is 43.4 Å². The van der Waals surface area contributed by atoms with Crippen LogP contribution in [0, 0.1) is 0 Å². The fourth-order valence-corrected chi connectivity index (χ4v) is 2.41. The zero-order chi connectivity index (χ0) is 18.1. The number of ether oxygens (including phenoxy) is 1. The fourth-order valence-electron chi connectivity index (χ4n) is 1.87. The van der Waals surface area contributed by atoms with Gasteiger partial charge in [0, 0.05) is 30.7 Å². The van der Waals surface area contributed by atoms with Crippen LogP contribution in [0.1, 0.15) is 0 Å². The average Bonchev–Trinajstić information content (AvgIpc) is 2.66. The Labute approximate surface area is 151 Å². The molecule has 2 aromatic carbocycles. The molecule has 132 valence electrons. The average molecular weight is 360 g/mol. The number of carbonyl (C=O) groups excluding carboxylic acids is 1. The summed E-state index contributed by atoms with van der Waals surface area (Å²) in [6.45, 7) is 0. The molecule has 0 aliphatic rings. The third-order valence-electron chi connectivity index (χ3n) is 3.19. The molecule has 2 rings (SSSR count). The van der Waals surface area contributed by atoms with E-state index in [1.54, 1.807) is 13.1 Å². The van der Waals surface area contributed by atoms with Gasteiger partial charge in [0.1, 0.15) is 5.75 Å². The molecule has 0 aliphatic carbocycles. The fraction of sp³-hybridized carbons (Fsp3) is 0.176. The number of benzene rings is 2. The number of anilines is 2. The zero-order valence-electron chi connectivity index (χ0n) is 14.2. The van der Waals surface area contributed by atoms with E-state index >= 15 is 0 Å². The van der Waals surface area contributed by atoms with Crippen molar-refractivity contribution in [1.29, 1.82) is 0 Å². The van der Waals surface area contributed by atoms with E-state index in [1.165, 1.54) is 25.5 Å². The Morgan fingerprint density at radius 1 is 1.12 bits per heavy atom. The van der Waals surface area contributed by atoms with Crippen LogP contribution in [-0.4, -0.2) is 33.6 Å². The first-order valence-corrected chi connectivity index (χ1v) is 8.21. The molecule has 2 aromatic rings. The molecule has 0 radical (unpaired) electrons. The predicted molar refractivity (Wildman–Crippen MR) is 102 cm³/mol. The number of aliphatic imine (C=N–C) groups is 1. The highest BCUT2D eigenvalue weighted by atomic mass is 32.2. The lowest BCUT2D eigenvalue weighted by Crippen LogP contribution is -2.20. The number of methoxy groups -OCH3 is 1. The molecule has 0 atom stereocenters. The predicted octanol–water partition coefficient (Wildman–Crippen LogP) is 3.87. The molecule has 0 saturated carbocycles. The molecule has 0 aliphatic heterocycles. The molecule has 0 saturated heterocycles. The summed E-state index contributed by atoms with van der Waals surface area (Å²) in [6, 6.07) is 13.4. The van der Waals surface area contributed by atoms with Crippen LogP contribution in [0.15, 0.2) is 52.4 Å². The first-order valence-electron chi connectivity index (χ1n) is 7.47. The van der Waals surface area contributed by atoms with Crippen molar-refractivity contribution in [3.05, 3.63) is 42.5 Å². The van der Waals surface area contributed by atoms with Crippen LogP contribution in [0.2, 0.25) is 0 Å². The van der Waals surface area contributed by atoms with Crippen LogP contribution in [0.3, 0.4) is 0 Å². The summed E-state index contributed by atoms with van der Waals surface area (Å²) < 4.78 is 10.2. The number of amides is 1. The summed E-state index contributed by atoms with van der Waals surface area (Å²) in [5, 5.41) is 8.49. The second-order valence-electron chi connectivity index (χ2n) is 4.76. The van der Waals surface area contributed by atoms with Crippen LogP contribution in [0.25, 0.3) is 0 Å². The summed E-state index contributed by atoms with van der Waals surface area (Å²) >= 11 is 1.26. The normalized spacial score (nSPS) is 10.4. The highest BCUT2D eigenvalue weighted by Crippen LogP contribution is 2.32. The Morgan fingerprint density at radius 3 is 2.52 bits per heavy atom. The van der Waals surface area contributed by atoms with Gasteiger partial charge in [-0.25, -0.2) is 9.79 Å².